The molecule has 9 nitrogen and oxygen atoms in total. The molecule has 0 bridgehead atoms. The zero-order valence-electron chi connectivity index (χ0n) is 24.6. The first-order chi connectivity index (χ1) is 20.3. The van der Waals surface area contributed by atoms with Gasteiger partial charge in [-0.2, -0.15) is 19.6 Å². The van der Waals surface area contributed by atoms with Crippen LogP contribution in [-0.4, -0.2) is 50.4 Å². The first-order valence-corrected chi connectivity index (χ1v) is 15.1. The monoisotopic (exact) mass is 576 g/mol. The van der Waals surface area contributed by atoms with Gasteiger partial charge < -0.3 is 15.4 Å². The molecular weight excluding hydrogens is 535 g/mol. The molecule has 2 aliphatic rings. The van der Waals surface area contributed by atoms with Crippen molar-refractivity contribution in [3.63, 3.8) is 0 Å². The van der Waals surface area contributed by atoms with Crippen LogP contribution in [0.2, 0.25) is 0 Å². The van der Waals surface area contributed by atoms with E-state index < -0.39 is 0 Å². The second-order valence-electron chi connectivity index (χ2n) is 11.9. The molecule has 1 aromatic carbocycles. The molecule has 42 heavy (non-hydrogen) atoms. The third kappa shape index (κ3) is 7.21. The van der Waals surface area contributed by atoms with Gasteiger partial charge in [-0.1, -0.05) is 32.6 Å². The summed E-state index contributed by atoms with van der Waals surface area (Å²) in [5, 5.41) is 11.2. The first kappa shape index (κ1) is 29.8. The highest BCUT2D eigenvalue weighted by molar-refractivity contribution is 5.89. The number of ether oxygens (including phenoxy) is 1. The minimum atomic E-state index is -0.347. The van der Waals surface area contributed by atoms with Crippen LogP contribution in [-0.2, 0) is 27.3 Å². The van der Waals surface area contributed by atoms with Gasteiger partial charge in [0.25, 0.3) is 0 Å². The second-order valence-corrected chi connectivity index (χ2v) is 11.9. The lowest BCUT2D eigenvalue weighted by Gasteiger charge is -2.27. The van der Waals surface area contributed by atoms with E-state index in [9.17, 15) is 14.0 Å². The van der Waals surface area contributed by atoms with Gasteiger partial charge in [0.15, 0.2) is 11.4 Å². The summed E-state index contributed by atoms with van der Waals surface area (Å²) in [6, 6.07) is 5.09. The SMILES string of the molecule is C=CC(=O)CC1CCC(C(=O)Cc2ccc(F)c(CNc3nc(NC4CCOCC4)nc4c(C(C)C)cnn34)c2)CC1. The number of nitrogens with zero attached hydrogens (tertiary/aromatic N) is 4. The largest absolute Gasteiger partial charge is 0.381 e. The molecule has 224 valence electrons. The molecule has 2 fully saturated rings. The number of Topliss-reactive ketones (excluding diaryl/α,β-unsaturated/α-hetero) is 1. The normalized spacial score (nSPS) is 19.6. The van der Waals surface area contributed by atoms with Gasteiger partial charge in [-0.3, -0.25) is 9.59 Å². The molecule has 0 spiro atoms. The lowest BCUT2D eigenvalue weighted by molar-refractivity contribution is -0.123. The van der Waals surface area contributed by atoms with Crippen LogP contribution in [0.3, 0.4) is 0 Å². The average Bonchev–Trinajstić information content (AvgIpc) is 3.42. The zero-order valence-corrected chi connectivity index (χ0v) is 24.6. The summed E-state index contributed by atoms with van der Waals surface area (Å²) < 4.78 is 22.1. The Hall–Kier alpha value is -3.66. The van der Waals surface area contributed by atoms with Crippen LogP contribution in [0.25, 0.3) is 5.65 Å². The van der Waals surface area contributed by atoms with Crippen molar-refractivity contribution in [1.82, 2.24) is 19.6 Å². The number of benzene rings is 1. The maximum atomic E-state index is 14.9. The van der Waals surface area contributed by atoms with Crippen molar-refractivity contribution in [3.05, 3.63) is 59.6 Å². The van der Waals surface area contributed by atoms with Crippen LogP contribution in [0.4, 0.5) is 16.3 Å². The molecule has 3 aromatic rings. The van der Waals surface area contributed by atoms with E-state index in [0.29, 0.717) is 48.7 Å². The van der Waals surface area contributed by atoms with Crippen molar-refractivity contribution in [2.45, 2.75) is 83.7 Å². The summed E-state index contributed by atoms with van der Waals surface area (Å²) >= 11 is 0. The Morgan fingerprint density at radius 1 is 1.14 bits per heavy atom. The molecule has 10 heteroatoms. The van der Waals surface area contributed by atoms with E-state index in [1.807, 2.05) is 0 Å². The minimum absolute atomic E-state index is 0.0161. The summed E-state index contributed by atoms with van der Waals surface area (Å²) in [5.74, 6) is 1.40. The molecule has 3 heterocycles. The summed E-state index contributed by atoms with van der Waals surface area (Å²) in [5.41, 5.74) is 2.95. The van der Waals surface area contributed by atoms with E-state index in [2.05, 4.69) is 36.2 Å². The molecular formula is C32H41FN6O3. The van der Waals surface area contributed by atoms with Crippen molar-refractivity contribution >= 4 is 29.1 Å². The van der Waals surface area contributed by atoms with Crippen LogP contribution in [0.15, 0.2) is 37.1 Å². The van der Waals surface area contributed by atoms with Crippen molar-refractivity contribution in [1.29, 1.82) is 0 Å². The molecule has 1 saturated carbocycles. The number of rotatable bonds is 12. The minimum Gasteiger partial charge on any atom is -0.381 e. The number of allylic oxidation sites excluding steroid dienone is 1. The van der Waals surface area contributed by atoms with Crippen molar-refractivity contribution in [2.24, 2.45) is 11.8 Å². The third-order valence-electron chi connectivity index (χ3n) is 8.52. The predicted octanol–water partition coefficient (Wildman–Crippen LogP) is 5.65. The second kappa shape index (κ2) is 13.5. The van der Waals surface area contributed by atoms with E-state index in [1.165, 1.54) is 12.1 Å². The topological polar surface area (TPSA) is 111 Å². The van der Waals surface area contributed by atoms with Crippen LogP contribution in [0.1, 0.15) is 81.4 Å². The Bertz CT molecular complexity index is 1420. The fraction of sp³-hybridized carbons (Fsp3) is 0.531. The number of hydrogen-bond donors (Lipinski definition) is 2. The van der Waals surface area contributed by atoms with Gasteiger partial charge in [-0.05, 0) is 68.1 Å². The van der Waals surface area contributed by atoms with Crippen LogP contribution >= 0.6 is 0 Å². The molecule has 0 amide bonds. The van der Waals surface area contributed by atoms with Gasteiger partial charge in [-0.25, -0.2) is 4.39 Å². The van der Waals surface area contributed by atoms with E-state index in [0.717, 1.165) is 49.7 Å². The number of halogens is 1. The lowest BCUT2D eigenvalue weighted by atomic mass is 9.77. The Kier molecular flexibility index (Phi) is 9.62. The fourth-order valence-electron chi connectivity index (χ4n) is 5.95. The first-order valence-electron chi connectivity index (χ1n) is 15.1. The maximum Gasteiger partial charge on any atom is 0.229 e. The van der Waals surface area contributed by atoms with Crippen molar-refractivity contribution in [3.8, 4) is 0 Å². The number of anilines is 2. The van der Waals surface area contributed by atoms with Gasteiger partial charge in [0, 0.05) is 55.7 Å². The predicted molar refractivity (Wildman–Crippen MR) is 160 cm³/mol. The van der Waals surface area contributed by atoms with Crippen LogP contribution in [0, 0.1) is 17.7 Å². The third-order valence-corrected chi connectivity index (χ3v) is 8.52. The summed E-state index contributed by atoms with van der Waals surface area (Å²) in [4.78, 5) is 34.2. The quantitative estimate of drug-likeness (QED) is 0.266. The molecule has 0 unspecified atom stereocenters. The smallest absolute Gasteiger partial charge is 0.229 e. The number of hydrogen-bond acceptors (Lipinski definition) is 8. The highest BCUT2D eigenvalue weighted by Crippen LogP contribution is 2.32. The Morgan fingerprint density at radius 2 is 1.90 bits per heavy atom. The molecule has 1 aliphatic carbocycles. The van der Waals surface area contributed by atoms with Gasteiger partial charge >= 0.3 is 0 Å². The zero-order chi connectivity index (χ0) is 29.6. The number of carbonyl (C=O) groups is 2. The molecule has 1 saturated heterocycles. The Morgan fingerprint density at radius 3 is 2.62 bits per heavy atom. The highest BCUT2D eigenvalue weighted by Gasteiger charge is 2.27. The highest BCUT2D eigenvalue weighted by atomic mass is 19.1. The van der Waals surface area contributed by atoms with E-state index in [-0.39, 0.29) is 48.2 Å². The molecule has 1 aliphatic heterocycles. The van der Waals surface area contributed by atoms with Gasteiger partial charge in [0.1, 0.15) is 11.6 Å². The maximum absolute atomic E-state index is 14.9. The number of nitrogens with one attached hydrogen (secondary N) is 2. The van der Waals surface area contributed by atoms with Crippen LogP contribution < -0.4 is 10.6 Å². The fourth-order valence-corrected chi connectivity index (χ4v) is 5.95. The van der Waals surface area contributed by atoms with E-state index >= 15 is 0 Å². The van der Waals surface area contributed by atoms with Crippen LogP contribution in [0.5, 0.6) is 0 Å². The average molecular weight is 577 g/mol. The lowest BCUT2D eigenvalue weighted by Crippen LogP contribution is -2.29. The van der Waals surface area contributed by atoms with E-state index in [4.69, 9.17) is 14.7 Å². The van der Waals surface area contributed by atoms with Gasteiger partial charge in [0.2, 0.25) is 11.9 Å². The molecule has 2 N–H and O–H groups in total. The van der Waals surface area contributed by atoms with Crippen molar-refractivity contribution in [2.75, 3.05) is 23.8 Å². The Balaban J connectivity index is 1.27. The van der Waals surface area contributed by atoms with Crippen molar-refractivity contribution < 1.29 is 18.7 Å². The van der Waals surface area contributed by atoms with Gasteiger partial charge in [0.05, 0.1) is 6.20 Å². The Labute approximate surface area is 246 Å². The number of carbonyl (C=O) groups excluding carboxylic acids is 2. The summed E-state index contributed by atoms with van der Waals surface area (Å²) in [6.45, 7) is 9.31. The summed E-state index contributed by atoms with van der Waals surface area (Å²) in [6.07, 6.45) is 9.05. The molecule has 2 aromatic heterocycles. The molecule has 0 radical (unpaired) electrons. The number of fused-ring (bicyclic) bond motifs is 1. The van der Waals surface area contributed by atoms with Gasteiger partial charge in [-0.15, -0.1) is 0 Å². The number of ketones is 2. The van der Waals surface area contributed by atoms with E-state index in [1.54, 1.807) is 22.8 Å². The summed E-state index contributed by atoms with van der Waals surface area (Å²) in [7, 11) is 0. The standard InChI is InChI=1S/C32H41FN6O3/c1-4-26(40)16-21-5-8-23(9-6-21)29(41)17-22-7-10-28(33)24(15-22)18-34-32-38-31(36-25-11-13-42-14-12-25)37-30-27(20(2)3)19-35-39(30)32/h4,7,10,15,19-21,23,25H,1,5-6,8-9,11-14,16-18H2,2-3H3,(H2,34,36,37,38). The molecule has 5 rings (SSSR count). The molecule has 0 atom stereocenters. The number of aromatic nitrogens is 4.